The van der Waals surface area contributed by atoms with Crippen molar-refractivity contribution in [1.82, 2.24) is 14.8 Å². The SMILES string of the molecule is O=C([C@@H]1CCCC2=NN(Cc3ccc(F)c(F)c3)C(O)N21)N1CC(F)C1. The number of rotatable bonds is 3. The summed E-state index contributed by atoms with van der Waals surface area (Å²) >= 11 is 0. The van der Waals surface area contributed by atoms with E-state index in [1.807, 2.05) is 0 Å². The van der Waals surface area contributed by atoms with E-state index in [-0.39, 0.29) is 25.5 Å². The summed E-state index contributed by atoms with van der Waals surface area (Å²) in [5.74, 6) is -1.53. The van der Waals surface area contributed by atoms with Gasteiger partial charge in [-0.3, -0.25) is 4.79 Å². The second-order valence-electron chi connectivity index (χ2n) is 6.86. The number of nitrogens with zero attached hydrogens (tertiary/aromatic N) is 4. The molecular formula is C17H19F3N4O2. The van der Waals surface area contributed by atoms with E-state index in [0.29, 0.717) is 24.2 Å². The Labute approximate surface area is 148 Å². The standard InChI is InChI=1S/C17H19F3N4O2/c18-11-8-22(9-11)16(25)14-2-1-3-15-21-23(17(26)24(14)15)7-10-4-5-12(19)13(20)6-10/h4-6,11,14,17,26H,1-3,7-9H2/t14-,17?/m0/s1. The third kappa shape index (κ3) is 2.90. The molecule has 1 aromatic rings. The van der Waals surface area contributed by atoms with E-state index < -0.39 is 30.2 Å². The molecule has 9 heteroatoms. The van der Waals surface area contributed by atoms with E-state index in [1.54, 1.807) is 4.90 Å². The van der Waals surface area contributed by atoms with Crippen molar-refractivity contribution in [1.29, 1.82) is 0 Å². The highest BCUT2D eigenvalue weighted by Crippen LogP contribution is 2.31. The van der Waals surface area contributed by atoms with E-state index in [0.717, 1.165) is 18.6 Å². The fraction of sp³-hybridized carbons (Fsp3) is 0.529. The molecule has 1 amide bonds. The monoisotopic (exact) mass is 368 g/mol. The van der Waals surface area contributed by atoms with Crippen LogP contribution in [0.2, 0.25) is 0 Å². The number of piperidine rings is 1. The highest BCUT2D eigenvalue weighted by Gasteiger charge is 2.45. The lowest BCUT2D eigenvalue weighted by atomic mass is 9.99. The zero-order chi connectivity index (χ0) is 18.4. The van der Waals surface area contributed by atoms with E-state index in [2.05, 4.69) is 5.10 Å². The van der Waals surface area contributed by atoms with Crippen LogP contribution in [0.3, 0.4) is 0 Å². The summed E-state index contributed by atoms with van der Waals surface area (Å²) in [6.45, 7) is 0.254. The van der Waals surface area contributed by atoms with Gasteiger partial charge in [0, 0.05) is 6.42 Å². The Kier molecular flexibility index (Phi) is 4.26. The van der Waals surface area contributed by atoms with Gasteiger partial charge in [0.2, 0.25) is 12.3 Å². The molecular weight excluding hydrogens is 349 g/mol. The van der Waals surface area contributed by atoms with Gasteiger partial charge in [-0.1, -0.05) is 6.07 Å². The van der Waals surface area contributed by atoms with E-state index >= 15 is 0 Å². The Hall–Kier alpha value is -2.29. The van der Waals surface area contributed by atoms with Crippen LogP contribution in [0.4, 0.5) is 13.2 Å². The Morgan fingerprint density at radius 2 is 2.04 bits per heavy atom. The maximum Gasteiger partial charge on any atom is 0.245 e. The molecule has 2 atom stereocenters. The smallest absolute Gasteiger partial charge is 0.245 e. The van der Waals surface area contributed by atoms with E-state index in [9.17, 15) is 23.1 Å². The molecule has 1 N–H and O–H groups in total. The topological polar surface area (TPSA) is 59.4 Å². The molecule has 3 heterocycles. The first kappa shape index (κ1) is 17.1. The average Bonchev–Trinajstić information content (AvgIpc) is 2.91. The van der Waals surface area contributed by atoms with Crippen molar-refractivity contribution < 1.29 is 23.1 Å². The van der Waals surface area contributed by atoms with Gasteiger partial charge in [-0.2, -0.15) is 5.10 Å². The molecule has 0 radical (unpaired) electrons. The summed E-state index contributed by atoms with van der Waals surface area (Å²) in [6, 6.07) is 2.92. The Balaban J connectivity index is 1.50. The van der Waals surface area contributed by atoms with Crippen molar-refractivity contribution in [3.05, 3.63) is 35.4 Å². The zero-order valence-electron chi connectivity index (χ0n) is 14.0. The van der Waals surface area contributed by atoms with Crippen molar-refractivity contribution in [3.63, 3.8) is 0 Å². The van der Waals surface area contributed by atoms with E-state index in [4.69, 9.17) is 0 Å². The molecule has 0 spiro atoms. The van der Waals surface area contributed by atoms with Crippen LogP contribution in [0, 0.1) is 11.6 Å². The predicted octanol–water partition coefficient (Wildman–Crippen LogP) is 1.40. The lowest BCUT2D eigenvalue weighted by molar-refractivity contribution is -0.151. The van der Waals surface area contributed by atoms with Gasteiger partial charge in [0.1, 0.15) is 18.0 Å². The number of hydrazone groups is 1. The fourth-order valence-electron chi connectivity index (χ4n) is 3.64. The molecule has 2 saturated heterocycles. The van der Waals surface area contributed by atoms with Gasteiger partial charge in [0.25, 0.3) is 0 Å². The van der Waals surface area contributed by atoms with Crippen LogP contribution < -0.4 is 0 Å². The number of aliphatic hydroxyl groups excluding tert-OH is 1. The number of hydrogen-bond donors (Lipinski definition) is 1. The molecule has 26 heavy (non-hydrogen) atoms. The van der Waals surface area contributed by atoms with Crippen LogP contribution in [-0.4, -0.2) is 63.3 Å². The molecule has 3 aliphatic heterocycles. The van der Waals surface area contributed by atoms with Crippen LogP contribution in [0.15, 0.2) is 23.3 Å². The number of halogens is 3. The van der Waals surface area contributed by atoms with Gasteiger partial charge in [-0.25, -0.2) is 18.2 Å². The van der Waals surface area contributed by atoms with Crippen molar-refractivity contribution in [2.75, 3.05) is 13.1 Å². The summed E-state index contributed by atoms with van der Waals surface area (Å²) in [6.07, 6.45) is -0.244. The summed E-state index contributed by atoms with van der Waals surface area (Å²) in [5.41, 5.74) is 0.457. The lowest BCUT2D eigenvalue weighted by Gasteiger charge is -2.42. The number of aliphatic hydroxyl groups is 1. The van der Waals surface area contributed by atoms with Gasteiger partial charge >= 0.3 is 0 Å². The van der Waals surface area contributed by atoms with Crippen LogP contribution in [-0.2, 0) is 11.3 Å². The highest BCUT2D eigenvalue weighted by molar-refractivity contribution is 5.92. The third-order valence-electron chi connectivity index (χ3n) is 5.03. The fourth-order valence-corrected chi connectivity index (χ4v) is 3.64. The summed E-state index contributed by atoms with van der Waals surface area (Å²) < 4.78 is 39.5. The first-order chi connectivity index (χ1) is 12.4. The van der Waals surface area contributed by atoms with Gasteiger partial charge in [0.15, 0.2) is 11.6 Å². The number of amidine groups is 1. The summed E-state index contributed by atoms with van der Waals surface area (Å²) in [5, 5.41) is 16.3. The molecule has 1 aromatic carbocycles. The van der Waals surface area contributed by atoms with Gasteiger partial charge in [-0.05, 0) is 30.5 Å². The number of alkyl halides is 1. The molecule has 2 fully saturated rings. The molecule has 1 unspecified atom stereocenters. The van der Waals surface area contributed by atoms with Crippen LogP contribution >= 0.6 is 0 Å². The minimum atomic E-state index is -1.17. The Morgan fingerprint density at radius 1 is 1.27 bits per heavy atom. The van der Waals surface area contributed by atoms with Crippen LogP contribution in [0.25, 0.3) is 0 Å². The van der Waals surface area contributed by atoms with Crippen molar-refractivity contribution in [2.24, 2.45) is 5.10 Å². The Morgan fingerprint density at radius 3 is 2.73 bits per heavy atom. The number of benzene rings is 1. The molecule has 140 valence electrons. The quantitative estimate of drug-likeness (QED) is 0.876. The predicted molar refractivity (Wildman–Crippen MR) is 86.3 cm³/mol. The number of carbonyl (C=O) groups excluding carboxylic acids is 1. The van der Waals surface area contributed by atoms with Gasteiger partial charge in [0.05, 0.1) is 19.6 Å². The molecule has 0 aromatic heterocycles. The molecule has 6 nitrogen and oxygen atoms in total. The highest BCUT2D eigenvalue weighted by atomic mass is 19.2. The van der Waals surface area contributed by atoms with Gasteiger partial charge < -0.3 is 14.9 Å². The van der Waals surface area contributed by atoms with Crippen LogP contribution in [0.5, 0.6) is 0 Å². The Bertz CT molecular complexity index is 754. The molecule has 4 rings (SSSR count). The second kappa shape index (κ2) is 6.46. The number of likely N-dealkylation sites (tertiary alicyclic amines) is 1. The van der Waals surface area contributed by atoms with Crippen molar-refractivity contribution in [3.8, 4) is 0 Å². The molecule has 3 aliphatic rings. The van der Waals surface area contributed by atoms with Gasteiger partial charge in [-0.15, -0.1) is 0 Å². The number of fused-ring (bicyclic) bond motifs is 1. The van der Waals surface area contributed by atoms with E-state index in [1.165, 1.54) is 16.0 Å². The largest absolute Gasteiger partial charge is 0.355 e. The zero-order valence-corrected chi connectivity index (χ0v) is 14.0. The first-order valence-electron chi connectivity index (χ1n) is 8.61. The normalized spacial score (nSPS) is 25.8. The van der Waals surface area contributed by atoms with Crippen LogP contribution in [0.1, 0.15) is 24.8 Å². The number of amides is 1. The molecule has 0 bridgehead atoms. The molecule has 0 saturated carbocycles. The number of carbonyl (C=O) groups is 1. The summed E-state index contributed by atoms with van der Waals surface area (Å²) in [4.78, 5) is 15.6. The minimum absolute atomic E-state index is 0.0789. The van der Waals surface area contributed by atoms with Crippen molar-refractivity contribution >= 4 is 11.7 Å². The van der Waals surface area contributed by atoms with Crippen molar-refractivity contribution in [2.45, 2.75) is 44.4 Å². The minimum Gasteiger partial charge on any atom is -0.355 e. The summed E-state index contributed by atoms with van der Waals surface area (Å²) in [7, 11) is 0. The number of hydrogen-bond acceptors (Lipinski definition) is 5. The molecule has 0 aliphatic carbocycles. The lowest BCUT2D eigenvalue weighted by Crippen LogP contribution is -2.61. The maximum absolute atomic E-state index is 13.4. The third-order valence-corrected chi connectivity index (χ3v) is 5.03. The average molecular weight is 368 g/mol. The second-order valence-corrected chi connectivity index (χ2v) is 6.86. The first-order valence-corrected chi connectivity index (χ1v) is 8.61. The maximum atomic E-state index is 13.4.